The lowest BCUT2D eigenvalue weighted by atomic mass is 10.1. The van der Waals surface area contributed by atoms with E-state index in [1.807, 2.05) is 0 Å². The zero-order valence-electron chi connectivity index (χ0n) is 14.3. The first-order chi connectivity index (χ1) is 13.3. The Bertz CT molecular complexity index is 1230. The van der Waals surface area contributed by atoms with Gasteiger partial charge in [-0.1, -0.05) is 0 Å². The summed E-state index contributed by atoms with van der Waals surface area (Å²) < 4.78 is 59.3. The van der Waals surface area contributed by atoms with E-state index in [4.69, 9.17) is 0 Å². The second-order valence-corrected chi connectivity index (χ2v) is 5.97. The monoisotopic (exact) mass is 389 g/mol. The van der Waals surface area contributed by atoms with Crippen molar-refractivity contribution in [3.05, 3.63) is 65.7 Å². The number of carbonyl (C=O) groups is 1. The second-order valence-electron chi connectivity index (χ2n) is 5.97. The number of aromatic nitrogens is 3. The van der Waals surface area contributed by atoms with Gasteiger partial charge in [-0.25, -0.2) is 19.2 Å². The summed E-state index contributed by atoms with van der Waals surface area (Å²) in [6, 6.07) is 6.88. The molecule has 2 heterocycles. The lowest BCUT2D eigenvalue weighted by Gasteiger charge is -2.11. The molecule has 5 nitrogen and oxygen atoms in total. The number of hydrogen-bond acceptors (Lipinski definition) is 4. The van der Waals surface area contributed by atoms with Crippen molar-refractivity contribution in [3.8, 4) is 11.3 Å². The average Bonchev–Trinajstić information content (AvgIpc) is 3.15. The van der Waals surface area contributed by atoms with E-state index < -0.39 is 23.5 Å². The Morgan fingerprint density at radius 2 is 1.93 bits per heavy atom. The highest BCUT2D eigenvalue weighted by atomic mass is 19.4. The van der Waals surface area contributed by atoms with E-state index in [0.717, 1.165) is 12.1 Å². The normalized spacial score (nSPS) is 11.9. The van der Waals surface area contributed by atoms with Crippen LogP contribution >= 0.6 is 0 Å². The summed E-state index contributed by atoms with van der Waals surface area (Å²) in [7, 11) is 1.24. The van der Waals surface area contributed by atoms with E-state index in [9.17, 15) is 22.4 Å². The summed E-state index contributed by atoms with van der Waals surface area (Å²) in [4.78, 5) is 20.3. The molecule has 28 heavy (non-hydrogen) atoms. The molecule has 0 radical (unpaired) electrons. The molecule has 2 aromatic carbocycles. The van der Waals surface area contributed by atoms with Gasteiger partial charge < -0.3 is 4.74 Å². The Kier molecular flexibility index (Phi) is 4.02. The Hall–Kier alpha value is -3.49. The highest BCUT2D eigenvalue weighted by Gasteiger charge is 2.31. The van der Waals surface area contributed by atoms with E-state index in [1.165, 1.54) is 19.4 Å². The number of imidazole rings is 1. The minimum Gasteiger partial charge on any atom is -0.465 e. The first kappa shape index (κ1) is 17.9. The maximum atomic E-state index is 14.5. The standard InChI is InChI=1S/C19H11F4N3O2/c1-28-18(27)10-2-5-15-14(8-10)25-16(17-24-6-7-26(15)17)12-4-3-11(9-13(12)20)19(21,22)23/h2-9H,1H3. The Morgan fingerprint density at radius 1 is 1.14 bits per heavy atom. The van der Waals surface area contributed by atoms with Gasteiger partial charge in [-0.2, -0.15) is 13.2 Å². The number of nitrogens with zero attached hydrogens (tertiary/aromatic N) is 3. The van der Waals surface area contributed by atoms with Gasteiger partial charge in [-0.05, 0) is 36.4 Å². The number of halogens is 4. The van der Waals surface area contributed by atoms with Crippen LogP contribution in [-0.4, -0.2) is 27.4 Å². The van der Waals surface area contributed by atoms with Crippen molar-refractivity contribution in [2.45, 2.75) is 6.18 Å². The van der Waals surface area contributed by atoms with Crippen molar-refractivity contribution in [2.24, 2.45) is 0 Å². The third kappa shape index (κ3) is 2.84. The van der Waals surface area contributed by atoms with Gasteiger partial charge in [0.15, 0.2) is 5.65 Å². The van der Waals surface area contributed by atoms with Crippen molar-refractivity contribution in [2.75, 3.05) is 7.11 Å². The molecule has 0 fully saturated rings. The van der Waals surface area contributed by atoms with Crippen LogP contribution in [0.2, 0.25) is 0 Å². The summed E-state index contributed by atoms with van der Waals surface area (Å²) in [6.07, 6.45) is -1.58. The van der Waals surface area contributed by atoms with Crippen LogP contribution < -0.4 is 0 Å². The molecule has 9 heteroatoms. The zero-order chi connectivity index (χ0) is 20.1. The highest BCUT2D eigenvalue weighted by molar-refractivity contribution is 5.95. The fraction of sp³-hybridized carbons (Fsp3) is 0.105. The smallest absolute Gasteiger partial charge is 0.416 e. The number of benzene rings is 2. The van der Waals surface area contributed by atoms with Crippen LogP contribution in [0.25, 0.3) is 27.9 Å². The highest BCUT2D eigenvalue weighted by Crippen LogP contribution is 2.34. The number of alkyl halides is 3. The van der Waals surface area contributed by atoms with Gasteiger partial charge in [0.05, 0.1) is 29.3 Å². The molecule has 0 aliphatic carbocycles. The van der Waals surface area contributed by atoms with Gasteiger partial charge in [0.25, 0.3) is 0 Å². The number of esters is 1. The Balaban J connectivity index is 1.98. The molecule has 0 spiro atoms. The van der Waals surface area contributed by atoms with Crippen LogP contribution in [0.5, 0.6) is 0 Å². The molecular weight excluding hydrogens is 378 g/mol. The lowest BCUT2D eigenvalue weighted by molar-refractivity contribution is -0.137. The van der Waals surface area contributed by atoms with Crippen molar-refractivity contribution in [1.29, 1.82) is 0 Å². The number of rotatable bonds is 2. The number of hydrogen-bond donors (Lipinski definition) is 0. The van der Waals surface area contributed by atoms with Crippen molar-refractivity contribution < 1.29 is 27.1 Å². The van der Waals surface area contributed by atoms with Crippen LogP contribution in [0.3, 0.4) is 0 Å². The fourth-order valence-corrected chi connectivity index (χ4v) is 2.97. The molecule has 0 saturated heterocycles. The first-order valence-electron chi connectivity index (χ1n) is 8.02. The molecular formula is C19H11F4N3O2. The van der Waals surface area contributed by atoms with E-state index in [2.05, 4.69) is 14.7 Å². The largest absolute Gasteiger partial charge is 0.465 e. The topological polar surface area (TPSA) is 56.5 Å². The van der Waals surface area contributed by atoms with E-state index >= 15 is 0 Å². The Labute approximate surface area is 155 Å². The molecule has 0 aliphatic heterocycles. The van der Waals surface area contributed by atoms with Gasteiger partial charge in [0.2, 0.25) is 0 Å². The molecule has 0 saturated carbocycles. The molecule has 0 amide bonds. The SMILES string of the molecule is COC(=O)c1ccc2c(c1)nc(-c1ccc(C(F)(F)F)cc1F)c1nccn12. The van der Waals surface area contributed by atoms with E-state index in [1.54, 1.807) is 22.7 Å². The van der Waals surface area contributed by atoms with Gasteiger partial charge in [0, 0.05) is 18.0 Å². The third-order valence-electron chi connectivity index (χ3n) is 4.29. The van der Waals surface area contributed by atoms with Crippen molar-refractivity contribution in [3.63, 3.8) is 0 Å². The summed E-state index contributed by atoms with van der Waals surface area (Å²) in [5, 5.41) is 0. The number of fused-ring (bicyclic) bond motifs is 3. The van der Waals surface area contributed by atoms with Crippen LogP contribution in [0.4, 0.5) is 17.6 Å². The molecule has 0 bridgehead atoms. The van der Waals surface area contributed by atoms with Gasteiger partial charge in [0.1, 0.15) is 11.5 Å². The van der Waals surface area contributed by atoms with Crippen molar-refractivity contribution in [1.82, 2.24) is 14.4 Å². The quantitative estimate of drug-likeness (QED) is 0.374. The zero-order valence-corrected chi connectivity index (χ0v) is 14.3. The van der Waals surface area contributed by atoms with Crippen molar-refractivity contribution >= 4 is 22.6 Å². The molecule has 4 rings (SSSR count). The molecule has 0 aliphatic rings. The predicted octanol–water partition coefficient (Wildman–Crippen LogP) is 4.49. The van der Waals surface area contributed by atoms with Crippen LogP contribution in [0.15, 0.2) is 48.8 Å². The first-order valence-corrected chi connectivity index (χ1v) is 8.02. The van der Waals surface area contributed by atoms with Gasteiger partial charge >= 0.3 is 12.1 Å². The maximum absolute atomic E-state index is 14.5. The fourth-order valence-electron chi connectivity index (χ4n) is 2.97. The number of methoxy groups -OCH3 is 1. The summed E-state index contributed by atoms with van der Waals surface area (Å²) >= 11 is 0. The molecule has 0 unspecified atom stereocenters. The summed E-state index contributed by atoms with van der Waals surface area (Å²) in [5.41, 5.74) is 0.277. The summed E-state index contributed by atoms with van der Waals surface area (Å²) in [5.74, 6) is -1.65. The second kappa shape index (κ2) is 6.29. The van der Waals surface area contributed by atoms with E-state index in [-0.39, 0.29) is 22.5 Å². The lowest BCUT2D eigenvalue weighted by Crippen LogP contribution is -2.06. The molecule has 142 valence electrons. The molecule has 0 N–H and O–H groups in total. The van der Waals surface area contributed by atoms with Gasteiger partial charge in [-0.3, -0.25) is 4.40 Å². The third-order valence-corrected chi connectivity index (χ3v) is 4.29. The van der Waals surface area contributed by atoms with E-state index in [0.29, 0.717) is 17.1 Å². The number of ether oxygens (including phenoxy) is 1. The maximum Gasteiger partial charge on any atom is 0.416 e. The molecule has 0 atom stereocenters. The minimum atomic E-state index is -4.66. The van der Waals surface area contributed by atoms with Crippen LogP contribution in [-0.2, 0) is 10.9 Å². The van der Waals surface area contributed by atoms with Crippen LogP contribution in [0, 0.1) is 5.82 Å². The Morgan fingerprint density at radius 3 is 2.61 bits per heavy atom. The minimum absolute atomic E-state index is 0.0609. The summed E-state index contributed by atoms with van der Waals surface area (Å²) in [6.45, 7) is 0. The van der Waals surface area contributed by atoms with Gasteiger partial charge in [-0.15, -0.1) is 0 Å². The van der Waals surface area contributed by atoms with Crippen LogP contribution in [0.1, 0.15) is 15.9 Å². The predicted molar refractivity (Wildman–Crippen MR) is 92.2 cm³/mol. The average molecular weight is 389 g/mol. The molecule has 2 aromatic heterocycles. The number of carbonyl (C=O) groups excluding carboxylic acids is 1. The molecule has 4 aromatic rings.